The van der Waals surface area contributed by atoms with Crippen LogP contribution in [-0.2, 0) is 10.0 Å². The number of primary amides is 1. The van der Waals surface area contributed by atoms with Crippen LogP contribution in [0.15, 0.2) is 34.7 Å². The summed E-state index contributed by atoms with van der Waals surface area (Å²) in [5.74, 6) is -0.142. The van der Waals surface area contributed by atoms with Gasteiger partial charge in [-0.3, -0.25) is 13.9 Å². The fraction of sp³-hybridized carbons (Fsp3) is 0.458. The maximum absolute atomic E-state index is 13.0. The van der Waals surface area contributed by atoms with Gasteiger partial charge in [0.25, 0.3) is 15.9 Å². The lowest BCUT2D eigenvalue weighted by Crippen LogP contribution is -2.36. The molecule has 2 aliphatic heterocycles. The first kappa shape index (κ1) is 24.8. The van der Waals surface area contributed by atoms with Crippen LogP contribution in [-0.4, -0.2) is 56.3 Å². The molecule has 2 aromatic heterocycles. The standard InChI is InChI=1S/C24H31N3O5S3/c1-24(2)13-15(7-10-34(24,29)30)19-14-26-22-17(19)11-16(12-18(22)23(25)28)20-5-6-21(33-20)35(31,32)27-8-3-4-9-27/h5-6,11-12,14-15,26,29-30H,3-4,7-10,13H2,1-2H3,(H2,25,28). The smallest absolute Gasteiger partial charge is 0.252 e. The van der Waals surface area contributed by atoms with Crippen LogP contribution in [0.25, 0.3) is 21.3 Å². The molecule has 8 nitrogen and oxygen atoms in total. The van der Waals surface area contributed by atoms with Gasteiger partial charge in [0.2, 0.25) is 0 Å². The average molecular weight is 538 g/mol. The number of rotatable bonds is 5. The second kappa shape index (κ2) is 8.60. The number of nitrogens with two attached hydrogens (primary N) is 1. The van der Waals surface area contributed by atoms with Crippen molar-refractivity contribution in [2.24, 2.45) is 5.73 Å². The van der Waals surface area contributed by atoms with Crippen LogP contribution >= 0.6 is 21.9 Å². The van der Waals surface area contributed by atoms with Crippen molar-refractivity contribution < 1.29 is 22.3 Å². The Morgan fingerprint density at radius 1 is 1.23 bits per heavy atom. The van der Waals surface area contributed by atoms with E-state index < -0.39 is 31.3 Å². The lowest BCUT2D eigenvalue weighted by molar-refractivity contribution is 0.100. The molecule has 1 amide bonds. The summed E-state index contributed by atoms with van der Waals surface area (Å²) in [6.45, 7) is 4.86. The number of carbonyl (C=O) groups excluding carboxylic acids is 1. The molecule has 2 aliphatic rings. The monoisotopic (exact) mass is 537 g/mol. The summed E-state index contributed by atoms with van der Waals surface area (Å²) < 4.78 is 48.3. The summed E-state index contributed by atoms with van der Waals surface area (Å²) in [7, 11) is -6.20. The minimum atomic E-state index is -3.52. The van der Waals surface area contributed by atoms with Crippen molar-refractivity contribution in [3.8, 4) is 10.4 Å². The van der Waals surface area contributed by atoms with Gasteiger partial charge in [0, 0.05) is 35.3 Å². The van der Waals surface area contributed by atoms with Gasteiger partial charge in [-0.05, 0) is 80.8 Å². The maximum atomic E-state index is 13.0. The van der Waals surface area contributed by atoms with E-state index in [0.29, 0.717) is 47.0 Å². The van der Waals surface area contributed by atoms with Crippen molar-refractivity contribution in [2.75, 3.05) is 18.8 Å². The van der Waals surface area contributed by atoms with E-state index in [2.05, 4.69) is 4.98 Å². The molecule has 1 atom stereocenters. The third-order valence-corrected chi connectivity index (χ3v) is 13.7. The van der Waals surface area contributed by atoms with Gasteiger partial charge >= 0.3 is 0 Å². The number of aromatic nitrogens is 1. The van der Waals surface area contributed by atoms with Gasteiger partial charge in [-0.15, -0.1) is 11.3 Å². The number of fused-ring (bicyclic) bond motifs is 1. The number of benzene rings is 1. The zero-order chi connectivity index (χ0) is 25.2. The van der Waals surface area contributed by atoms with Crippen LogP contribution in [0.5, 0.6) is 0 Å². The van der Waals surface area contributed by atoms with Crippen LogP contribution < -0.4 is 5.73 Å². The molecule has 0 bridgehead atoms. The highest BCUT2D eigenvalue weighted by Gasteiger charge is 2.41. The minimum Gasteiger partial charge on any atom is -0.366 e. The van der Waals surface area contributed by atoms with Gasteiger partial charge in [0.1, 0.15) is 4.21 Å². The van der Waals surface area contributed by atoms with Crippen molar-refractivity contribution in [2.45, 2.75) is 54.4 Å². The lowest BCUT2D eigenvalue weighted by atomic mass is 9.86. The van der Waals surface area contributed by atoms with E-state index in [9.17, 15) is 22.3 Å². The fourth-order valence-electron chi connectivity index (χ4n) is 5.27. The Hall–Kier alpha value is -1.89. The highest BCUT2D eigenvalue weighted by Crippen LogP contribution is 2.61. The topological polar surface area (TPSA) is 137 Å². The fourth-order valence-corrected chi connectivity index (χ4v) is 9.87. The molecule has 1 unspecified atom stereocenters. The molecular weight excluding hydrogens is 506 g/mol. The van der Waals surface area contributed by atoms with Gasteiger partial charge in [-0.2, -0.15) is 14.9 Å². The van der Waals surface area contributed by atoms with E-state index in [-0.39, 0.29) is 5.92 Å². The normalized spacial score (nSPS) is 23.5. The summed E-state index contributed by atoms with van der Waals surface area (Å²) in [6.07, 6.45) is 4.87. The van der Waals surface area contributed by atoms with Crippen molar-refractivity contribution in [1.29, 1.82) is 0 Å². The number of aromatic amines is 1. The number of hydrogen-bond acceptors (Lipinski definition) is 6. The number of carbonyl (C=O) groups is 1. The van der Waals surface area contributed by atoms with Crippen LogP contribution in [0.1, 0.15) is 61.4 Å². The molecule has 2 saturated heterocycles. The van der Waals surface area contributed by atoms with Crippen molar-refractivity contribution in [3.63, 3.8) is 0 Å². The van der Waals surface area contributed by atoms with E-state index in [1.165, 1.54) is 15.6 Å². The van der Waals surface area contributed by atoms with Crippen LogP contribution in [0.2, 0.25) is 0 Å². The first-order valence-electron chi connectivity index (χ1n) is 11.7. The largest absolute Gasteiger partial charge is 0.366 e. The highest BCUT2D eigenvalue weighted by molar-refractivity contribution is 8.25. The van der Waals surface area contributed by atoms with E-state index in [4.69, 9.17) is 5.73 Å². The molecule has 4 heterocycles. The predicted molar refractivity (Wildman–Crippen MR) is 142 cm³/mol. The van der Waals surface area contributed by atoms with Gasteiger partial charge in [0.15, 0.2) is 0 Å². The maximum Gasteiger partial charge on any atom is 0.252 e. The van der Waals surface area contributed by atoms with Gasteiger partial charge in [-0.25, -0.2) is 8.42 Å². The third kappa shape index (κ3) is 4.21. The molecule has 2 fully saturated rings. The van der Waals surface area contributed by atoms with Crippen molar-refractivity contribution >= 4 is 48.8 Å². The highest BCUT2D eigenvalue weighted by atomic mass is 32.3. The van der Waals surface area contributed by atoms with Crippen LogP contribution in [0.4, 0.5) is 0 Å². The first-order chi connectivity index (χ1) is 16.4. The number of amides is 1. The summed E-state index contributed by atoms with van der Waals surface area (Å²) in [5.41, 5.74) is 8.47. The van der Waals surface area contributed by atoms with E-state index in [1.807, 2.05) is 26.1 Å². The molecule has 11 heteroatoms. The van der Waals surface area contributed by atoms with Crippen molar-refractivity contribution in [1.82, 2.24) is 9.29 Å². The molecule has 1 aromatic carbocycles. The molecule has 0 spiro atoms. The van der Waals surface area contributed by atoms with Gasteiger partial charge < -0.3 is 10.7 Å². The molecule has 5 rings (SSSR count). The lowest BCUT2D eigenvalue weighted by Gasteiger charge is -2.52. The first-order valence-corrected chi connectivity index (χ1v) is 15.7. The molecule has 5 N–H and O–H groups in total. The second-order valence-electron chi connectivity index (χ2n) is 10.1. The minimum absolute atomic E-state index is 0.0871. The quantitative estimate of drug-likeness (QED) is 0.355. The number of nitrogens with zero attached hydrogens (tertiary/aromatic N) is 1. The number of hydrogen-bond donors (Lipinski definition) is 4. The molecule has 190 valence electrons. The molecule has 35 heavy (non-hydrogen) atoms. The third-order valence-electron chi connectivity index (χ3n) is 7.43. The van der Waals surface area contributed by atoms with Crippen LogP contribution in [0, 0.1) is 0 Å². The Kier molecular flexibility index (Phi) is 6.09. The number of nitrogens with one attached hydrogen (secondary N) is 1. The van der Waals surface area contributed by atoms with Crippen LogP contribution in [0.3, 0.4) is 0 Å². The molecular formula is C24H31N3O5S3. The van der Waals surface area contributed by atoms with E-state index in [1.54, 1.807) is 18.2 Å². The van der Waals surface area contributed by atoms with E-state index >= 15 is 0 Å². The van der Waals surface area contributed by atoms with E-state index in [0.717, 1.165) is 34.2 Å². The predicted octanol–water partition coefficient (Wildman–Crippen LogP) is 5.19. The molecule has 0 saturated carbocycles. The number of H-pyrrole nitrogens is 1. The Morgan fingerprint density at radius 3 is 2.60 bits per heavy atom. The summed E-state index contributed by atoms with van der Waals surface area (Å²) in [6, 6.07) is 7.11. The average Bonchev–Trinajstić information content (AvgIpc) is 3.55. The zero-order valence-corrected chi connectivity index (χ0v) is 22.2. The zero-order valence-electron chi connectivity index (χ0n) is 19.8. The molecule has 0 radical (unpaired) electrons. The Balaban J connectivity index is 1.57. The molecule has 0 aliphatic carbocycles. The summed E-state index contributed by atoms with van der Waals surface area (Å²) in [4.78, 5) is 16.3. The van der Waals surface area contributed by atoms with Gasteiger partial charge in [-0.1, -0.05) is 0 Å². The summed E-state index contributed by atoms with van der Waals surface area (Å²) in [5, 5.41) is 0.854. The Morgan fingerprint density at radius 2 is 1.94 bits per heavy atom. The Bertz CT molecular complexity index is 1400. The number of sulfonamides is 1. The van der Waals surface area contributed by atoms with Gasteiger partial charge in [0.05, 0.1) is 15.8 Å². The SMILES string of the molecule is CC1(C)CC(c2c[nH]c3c(C(N)=O)cc(-c4ccc(S(=O)(=O)N5CCCC5)s4)cc23)CCS1(O)O. The Labute approximate surface area is 210 Å². The molecule has 3 aromatic rings. The van der Waals surface area contributed by atoms with Crippen molar-refractivity contribution in [3.05, 3.63) is 41.6 Å². The second-order valence-corrected chi connectivity index (χ2v) is 16.2. The number of thiophene rings is 1. The summed E-state index contributed by atoms with van der Waals surface area (Å²) >= 11 is 1.20.